The molecule has 2 aromatic rings. The van der Waals surface area contributed by atoms with Crippen molar-refractivity contribution in [2.24, 2.45) is 0 Å². The van der Waals surface area contributed by atoms with E-state index >= 15 is 0 Å². The summed E-state index contributed by atoms with van der Waals surface area (Å²) in [5.41, 5.74) is 2.05. The van der Waals surface area contributed by atoms with Gasteiger partial charge in [0.25, 0.3) is 0 Å². The Balaban J connectivity index is 1.99. The maximum atomic E-state index is 12.4. The fourth-order valence-corrected chi connectivity index (χ4v) is 2.65. The SMILES string of the molecule is COc1ccccc1CC(=O)N(C)Cc1ccc(SC)cc1. The molecule has 2 rings (SSSR count). The van der Waals surface area contributed by atoms with Crippen molar-refractivity contribution in [1.82, 2.24) is 4.90 Å². The van der Waals surface area contributed by atoms with Gasteiger partial charge in [0.2, 0.25) is 5.91 Å². The first-order valence-electron chi connectivity index (χ1n) is 7.13. The highest BCUT2D eigenvalue weighted by Crippen LogP contribution is 2.19. The fourth-order valence-electron chi connectivity index (χ4n) is 2.24. The van der Waals surface area contributed by atoms with Crippen LogP contribution in [0.5, 0.6) is 5.75 Å². The Morgan fingerprint density at radius 2 is 1.82 bits per heavy atom. The number of benzene rings is 2. The van der Waals surface area contributed by atoms with Gasteiger partial charge in [-0.3, -0.25) is 4.79 Å². The number of rotatable bonds is 6. The molecular formula is C18H21NO2S. The molecule has 116 valence electrons. The molecule has 0 saturated carbocycles. The van der Waals surface area contributed by atoms with Gasteiger partial charge in [-0.25, -0.2) is 0 Å². The summed E-state index contributed by atoms with van der Waals surface area (Å²) in [4.78, 5) is 15.4. The summed E-state index contributed by atoms with van der Waals surface area (Å²) in [5, 5.41) is 0. The zero-order valence-corrected chi connectivity index (χ0v) is 14.0. The van der Waals surface area contributed by atoms with Crippen molar-refractivity contribution in [2.75, 3.05) is 20.4 Å². The number of carbonyl (C=O) groups is 1. The van der Waals surface area contributed by atoms with Gasteiger partial charge < -0.3 is 9.64 Å². The van der Waals surface area contributed by atoms with Gasteiger partial charge in [-0.05, 0) is 30.0 Å². The topological polar surface area (TPSA) is 29.5 Å². The quantitative estimate of drug-likeness (QED) is 0.763. The minimum Gasteiger partial charge on any atom is -0.496 e. The highest BCUT2D eigenvalue weighted by Gasteiger charge is 2.13. The van der Waals surface area contributed by atoms with E-state index in [9.17, 15) is 4.79 Å². The van der Waals surface area contributed by atoms with Gasteiger partial charge in [-0.1, -0.05) is 30.3 Å². The number of carbonyl (C=O) groups excluding carboxylic acids is 1. The summed E-state index contributed by atoms with van der Waals surface area (Å²) in [5.74, 6) is 0.840. The molecule has 0 heterocycles. The molecule has 2 aromatic carbocycles. The van der Waals surface area contributed by atoms with Crippen molar-refractivity contribution in [1.29, 1.82) is 0 Å². The molecule has 0 spiro atoms. The lowest BCUT2D eigenvalue weighted by atomic mass is 10.1. The Kier molecular flexibility index (Phi) is 5.90. The first-order valence-corrected chi connectivity index (χ1v) is 8.35. The van der Waals surface area contributed by atoms with Crippen LogP contribution in [0.4, 0.5) is 0 Å². The molecule has 0 saturated heterocycles. The van der Waals surface area contributed by atoms with Crippen LogP contribution in [0.15, 0.2) is 53.4 Å². The molecule has 0 aliphatic rings. The average Bonchev–Trinajstić information content (AvgIpc) is 2.56. The minimum absolute atomic E-state index is 0.0819. The van der Waals surface area contributed by atoms with Crippen LogP contribution in [0.2, 0.25) is 0 Å². The summed E-state index contributed by atoms with van der Waals surface area (Å²) in [6.07, 6.45) is 2.40. The predicted molar refractivity (Wildman–Crippen MR) is 91.4 cm³/mol. The molecule has 0 unspecified atom stereocenters. The largest absolute Gasteiger partial charge is 0.496 e. The number of nitrogens with zero attached hydrogens (tertiary/aromatic N) is 1. The van der Waals surface area contributed by atoms with E-state index in [1.807, 2.05) is 31.3 Å². The average molecular weight is 315 g/mol. The Bertz CT molecular complexity index is 625. The summed E-state index contributed by atoms with van der Waals surface area (Å²) < 4.78 is 5.30. The molecule has 0 radical (unpaired) electrons. The predicted octanol–water partition coefficient (Wildman–Crippen LogP) is 3.62. The summed E-state index contributed by atoms with van der Waals surface area (Å²) in [7, 11) is 3.46. The number of hydrogen-bond donors (Lipinski definition) is 0. The fraction of sp³-hybridized carbons (Fsp3) is 0.278. The van der Waals surface area contributed by atoms with E-state index in [-0.39, 0.29) is 5.91 Å². The highest BCUT2D eigenvalue weighted by atomic mass is 32.2. The molecule has 0 aliphatic heterocycles. The van der Waals surface area contributed by atoms with Crippen molar-refractivity contribution in [2.45, 2.75) is 17.9 Å². The lowest BCUT2D eigenvalue weighted by molar-refractivity contribution is -0.129. The molecule has 4 heteroatoms. The van der Waals surface area contributed by atoms with Gasteiger partial charge in [-0.15, -0.1) is 11.8 Å². The third-order valence-electron chi connectivity index (χ3n) is 3.54. The monoisotopic (exact) mass is 315 g/mol. The molecule has 1 amide bonds. The van der Waals surface area contributed by atoms with Crippen LogP contribution in [-0.4, -0.2) is 31.2 Å². The number of hydrogen-bond acceptors (Lipinski definition) is 3. The van der Waals surface area contributed by atoms with Crippen LogP contribution in [0, 0.1) is 0 Å². The second-order valence-corrected chi connectivity index (χ2v) is 5.97. The lowest BCUT2D eigenvalue weighted by Gasteiger charge is -2.18. The molecule has 0 fully saturated rings. The van der Waals surface area contributed by atoms with Crippen LogP contribution < -0.4 is 4.74 Å². The van der Waals surface area contributed by atoms with Crippen molar-refractivity contribution in [3.8, 4) is 5.75 Å². The molecule has 0 atom stereocenters. The van der Waals surface area contributed by atoms with E-state index in [2.05, 4.69) is 30.5 Å². The van der Waals surface area contributed by atoms with Gasteiger partial charge in [0.1, 0.15) is 5.75 Å². The van der Waals surface area contributed by atoms with E-state index < -0.39 is 0 Å². The lowest BCUT2D eigenvalue weighted by Crippen LogP contribution is -2.27. The number of thioether (sulfide) groups is 1. The maximum absolute atomic E-state index is 12.4. The summed E-state index contributed by atoms with van der Waals surface area (Å²) in [6, 6.07) is 15.9. The summed E-state index contributed by atoms with van der Waals surface area (Å²) in [6.45, 7) is 0.614. The van der Waals surface area contributed by atoms with Crippen LogP contribution in [0.25, 0.3) is 0 Å². The van der Waals surface area contributed by atoms with Gasteiger partial charge in [0, 0.05) is 24.1 Å². The van der Waals surface area contributed by atoms with Gasteiger partial charge in [0.15, 0.2) is 0 Å². The van der Waals surface area contributed by atoms with E-state index in [0.717, 1.165) is 16.9 Å². The third-order valence-corrected chi connectivity index (χ3v) is 4.28. The molecular weight excluding hydrogens is 294 g/mol. The van der Waals surface area contributed by atoms with Crippen LogP contribution >= 0.6 is 11.8 Å². The normalized spacial score (nSPS) is 10.3. The van der Waals surface area contributed by atoms with E-state index in [0.29, 0.717) is 13.0 Å². The van der Waals surface area contributed by atoms with Crippen molar-refractivity contribution in [3.63, 3.8) is 0 Å². The number of methoxy groups -OCH3 is 1. The number of para-hydroxylation sites is 1. The number of ether oxygens (including phenoxy) is 1. The molecule has 0 bridgehead atoms. The van der Waals surface area contributed by atoms with Crippen LogP contribution in [0.1, 0.15) is 11.1 Å². The molecule has 0 N–H and O–H groups in total. The zero-order chi connectivity index (χ0) is 15.9. The van der Waals surface area contributed by atoms with Crippen molar-refractivity contribution >= 4 is 17.7 Å². The molecule has 0 aliphatic carbocycles. The van der Waals surface area contributed by atoms with Crippen LogP contribution in [-0.2, 0) is 17.8 Å². The highest BCUT2D eigenvalue weighted by molar-refractivity contribution is 7.98. The first-order chi connectivity index (χ1) is 10.6. The first kappa shape index (κ1) is 16.4. The van der Waals surface area contributed by atoms with Gasteiger partial charge in [-0.2, -0.15) is 0 Å². The van der Waals surface area contributed by atoms with Gasteiger partial charge in [0.05, 0.1) is 13.5 Å². The minimum atomic E-state index is 0.0819. The van der Waals surface area contributed by atoms with Crippen LogP contribution in [0.3, 0.4) is 0 Å². The molecule has 22 heavy (non-hydrogen) atoms. The zero-order valence-electron chi connectivity index (χ0n) is 13.2. The second-order valence-electron chi connectivity index (χ2n) is 5.09. The Morgan fingerprint density at radius 1 is 1.14 bits per heavy atom. The molecule has 3 nitrogen and oxygen atoms in total. The second kappa shape index (κ2) is 7.90. The standard InChI is InChI=1S/C18H21NO2S/c1-19(13-14-8-10-16(22-3)11-9-14)18(20)12-15-6-4-5-7-17(15)21-2/h4-11H,12-13H2,1-3H3. The van der Waals surface area contributed by atoms with Gasteiger partial charge >= 0.3 is 0 Å². The summed E-state index contributed by atoms with van der Waals surface area (Å²) >= 11 is 1.71. The number of likely N-dealkylation sites (N-methyl/N-ethyl adjacent to an activating group) is 1. The Labute approximate surface area is 136 Å². The number of amides is 1. The Hall–Kier alpha value is -1.94. The third kappa shape index (κ3) is 4.28. The smallest absolute Gasteiger partial charge is 0.227 e. The van der Waals surface area contributed by atoms with Crippen molar-refractivity contribution in [3.05, 3.63) is 59.7 Å². The Morgan fingerprint density at radius 3 is 2.45 bits per heavy atom. The van der Waals surface area contributed by atoms with E-state index in [1.54, 1.807) is 23.8 Å². The van der Waals surface area contributed by atoms with E-state index in [4.69, 9.17) is 4.74 Å². The van der Waals surface area contributed by atoms with Crippen molar-refractivity contribution < 1.29 is 9.53 Å². The van der Waals surface area contributed by atoms with E-state index in [1.165, 1.54) is 4.90 Å². The maximum Gasteiger partial charge on any atom is 0.227 e. The molecule has 0 aromatic heterocycles.